The van der Waals surface area contributed by atoms with E-state index < -0.39 is 0 Å². The van der Waals surface area contributed by atoms with Crippen molar-refractivity contribution in [2.75, 3.05) is 19.6 Å². The molecule has 2 aliphatic rings. The lowest BCUT2D eigenvalue weighted by atomic mass is 9.88. The molecule has 2 saturated heterocycles. The second-order valence-electron chi connectivity index (χ2n) is 8.79. The maximum absolute atomic E-state index is 14.1. The van der Waals surface area contributed by atoms with Gasteiger partial charge in [0.15, 0.2) is 0 Å². The SMILES string of the molecule is CC(=O)N1CCC[C@@H]1C(=O)N1CCC(C(=O)Cc2cccc(-c3ccccc3F)c2)CC1. The molecule has 0 aromatic heterocycles. The quantitative estimate of drug-likeness (QED) is 0.715. The molecule has 2 fully saturated rings. The number of amides is 2. The fourth-order valence-electron chi connectivity index (χ4n) is 4.92. The number of likely N-dealkylation sites (tertiary alicyclic amines) is 2. The highest BCUT2D eigenvalue weighted by molar-refractivity contribution is 5.88. The molecule has 6 heteroatoms. The van der Waals surface area contributed by atoms with Crippen LogP contribution in [-0.4, -0.2) is 53.1 Å². The van der Waals surface area contributed by atoms with Gasteiger partial charge < -0.3 is 9.80 Å². The van der Waals surface area contributed by atoms with Gasteiger partial charge in [-0.25, -0.2) is 4.39 Å². The van der Waals surface area contributed by atoms with Crippen molar-refractivity contribution in [1.29, 1.82) is 0 Å². The van der Waals surface area contributed by atoms with Crippen LogP contribution in [0.5, 0.6) is 0 Å². The van der Waals surface area contributed by atoms with Crippen LogP contribution < -0.4 is 0 Å². The lowest BCUT2D eigenvalue weighted by molar-refractivity contribution is -0.144. The molecule has 2 amide bonds. The van der Waals surface area contributed by atoms with Gasteiger partial charge in [-0.3, -0.25) is 14.4 Å². The van der Waals surface area contributed by atoms with E-state index >= 15 is 0 Å². The van der Waals surface area contributed by atoms with Gasteiger partial charge in [-0.2, -0.15) is 0 Å². The standard InChI is InChI=1S/C26H29FN2O3/c1-18(30)29-13-5-10-24(29)26(32)28-14-11-20(12-15-28)25(31)17-19-6-4-7-21(16-19)22-8-2-3-9-23(22)27/h2-4,6-9,16,20,24H,5,10-15,17H2,1H3/t24-/m1/s1. The molecule has 2 heterocycles. The summed E-state index contributed by atoms with van der Waals surface area (Å²) in [5.41, 5.74) is 2.16. The van der Waals surface area contributed by atoms with Crippen LogP contribution in [0, 0.1) is 11.7 Å². The van der Waals surface area contributed by atoms with Crippen molar-refractivity contribution in [3.8, 4) is 11.1 Å². The van der Waals surface area contributed by atoms with Crippen LogP contribution in [0.4, 0.5) is 4.39 Å². The number of piperidine rings is 1. The molecule has 168 valence electrons. The number of benzene rings is 2. The van der Waals surface area contributed by atoms with Crippen molar-refractivity contribution in [3.05, 3.63) is 59.9 Å². The molecular weight excluding hydrogens is 407 g/mol. The molecule has 0 bridgehead atoms. The minimum atomic E-state index is -0.346. The summed E-state index contributed by atoms with van der Waals surface area (Å²) in [6, 6.07) is 13.8. The number of rotatable bonds is 5. The number of hydrogen-bond acceptors (Lipinski definition) is 3. The molecule has 2 aromatic carbocycles. The van der Waals surface area contributed by atoms with E-state index in [1.807, 2.05) is 29.2 Å². The molecule has 2 aromatic rings. The van der Waals surface area contributed by atoms with Crippen LogP contribution in [0.3, 0.4) is 0 Å². The van der Waals surface area contributed by atoms with E-state index in [9.17, 15) is 18.8 Å². The van der Waals surface area contributed by atoms with Crippen molar-refractivity contribution in [2.24, 2.45) is 5.92 Å². The Labute approximate surface area is 188 Å². The Morgan fingerprint density at radius 3 is 2.44 bits per heavy atom. The maximum atomic E-state index is 14.1. The summed E-state index contributed by atoms with van der Waals surface area (Å²) in [5.74, 6) is -0.235. The molecule has 0 aliphatic carbocycles. The topological polar surface area (TPSA) is 57.7 Å². The lowest BCUT2D eigenvalue weighted by Gasteiger charge is -2.35. The van der Waals surface area contributed by atoms with Gasteiger partial charge in [0.2, 0.25) is 11.8 Å². The average Bonchev–Trinajstić information content (AvgIpc) is 3.29. The van der Waals surface area contributed by atoms with Gasteiger partial charge in [-0.1, -0.05) is 42.5 Å². The summed E-state index contributed by atoms with van der Waals surface area (Å²) in [7, 11) is 0. The van der Waals surface area contributed by atoms with E-state index in [0.29, 0.717) is 44.5 Å². The Hall–Kier alpha value is -3.02. The number of nitrogens with zero attached hydrogens (tertiary/aromatic N) is 2. The normalized spacial score (nSPS) is 19.2. The van der Waals surface area contributed by atoms with E-state index in [1.54, 1.807) is 23.1 Å². The van der Waals surface area contributed by atoms with Crippen molar-refractivity contribution in [3.63, 3.8) is 0 Å². The summed E-state index contributed by atoms with van der Waals surface area (Å²) in [4.78, 5) is 41.1. The van der Waals surface area contributed by atoms with Crippen LogP contribution in [-0.2, 0) is 20.8 Å². The van der Waals surface area contributed by atoms with E-state index in [0.717, 1.165) is 24.0 Å². The van der Waals surface area contributed by atoms with Crippen LogP contribution in [0.1, 0.15) is 38.2 Å². The van der Waals surface area contributed by atoms with Gasteiger partial charge >= 0.3 is 0 Å². The van der Waals surface area contributed by atoms with Crippen molar-refractivity contribution in [1.82, 2.24) is 9.80 Å². The van der Waals surface area contributed by atoms with Gasteiger partial charge in [0.05, 0.1) is 0 Å². The lowest BCUT2D eigenvalue weighted by Crippen LogP contribution is -2.50. The molecular formula is C26H29FN2O3. The zero-order valence-corrected chi connectivity index (χ0v) is 18.4. The fraction of sp³-hybridized carbons (Fsp3) is 0.423. The Balaban J connectivity index is 1.34. The second-order valence-corrected chi connectivity index (χ2v) is 8.79. The molecule has 1 atom stereocenters. The number of carbonyl (C=O) groups is 3. The van der Waals surface area contributed by atoms with Crippen LogP contribution in [0.15, 0.2) is 48.5 Å². The highest BCUT2D eigenvalue weighted by Gasteiger charge is 2.37. The van der Waals surface area contributed by atoms with Crippen molar-refractivity contribution < 1.29 is 18.8 Å². The van der Waals surface area contributed by atoms with Crippen LogP contribution in [0.25, 0.3) is 11.1 Å². The second kappa shape index (κ2) is 9.63. The Bertz CT molecular complexity index is 1010. The zero-order chi connectivity index (χ0) is 22.7. The third-order valence-electron chi connectivity index (χ3n) is 6.69. The monoisotopic (exact) mass is 436 g/mol. The minimum absolute atomic E-state index is 0.0150. The van der Waals surface area contributed by atoms with Crippen molar-refractivity contribution >= 4 is 17.6 Å². The third kappa shape index (κ3) is 4.74. The molecule has 2 aliphatic heterocycles. The number of carbonyl (C=O) groups excluding carboxylic acids is 3. The number of halogens is 1. The molecule has 4 rings (SSSR count). The highest BCUT2D eigenvalue weighted by atomic mass is 19.1. The zero-order valence-electron chi connectivity index (χ0n) is 18.4. The first-order valence-corrected chi connectivity index (χ1v) is 11.4. The highest BCUT2D eigenvalue weighted by Crippen LogP contribution is 2.27. The van der Waals surface area contributed by atoms with E-state index in [-0.39, 0.29) is 35.4 Å². The first-order valence-electron chi connectivity index (χ1n) is 11.4. The summed E-state index contributed by atoms with van der Waals surface area (Å²) in [6.45, 7) is 3.25. The molecule has 0 radical (unpaired) electrons. The van der Waals surface area contributed by atoms with Gasteiger partial charge in [-0.05, 0) is 42.9 Å². The van der Waals surface area contributed by atoms with Gasteiger partial charge in [-0.15, -0.1) is 0 Å². The first kappa shape index (κ1) is 22.2. The predicted molar refractivity (Wildman–Crippen MR) is 120 cm³/mol. The largest absolute Gasteiger partial charge is 0.341 e. The van der Waals surface area contributed by atoms with E-state index in [1.165, 1.54) is 13.0 Å². The third-order valence-corrected chi connectivity index (χ3v) is 6.69. The summed E-state index contributed by atoms with van der Waals surface area (Å²) < 4.78 is 14.1. The molecule has 0 unspecified atom stereocenters. The molecule has 0 N–H and O–H groups in total. The Kier molecular flexibility index (Phi) is 6.68. The molecule has 0 saturated carbocycles. The van der Waals surface area contributed by atoms with E-state index in [2.05, 4.69) is 0 Å². The number of Topliss-reactive ketones (excluding diaryl/α,β-unsaturated/α-hetero) is 1. The first-order chi connectivity index (χ1) is 15.4. The Morgan fingerprint density at radius 2 is 1.72 bits per heavy atom. The molecule has 32 heavy (non-hydrogen) atoms. The summed E-state index contributed by atoms with van der Waals surface area (Å²) >= 11 is 0. The average molecular weight is 437 g/mol. The summed E-state index contributed by atoms with van der Waals surface area (Å²) in [6.07, 6.45) is 3.17. The fourth-order valence-corrected chi connectivity index (χ4v) is 4.92. The molecule has 5 nitrogen and oxygen atoms in total. The van der Waals surface area contributed by atoms with Crippen LogP contribution >= 0.6 is 0 Å². The van der Waals surface area contributed by atoms with Gasteiger partial charge in [0, 0.05) is 44.5 Å². The number of ketones is 1. The van der Waals surface area contributed by atoms with Gasteiger partial charge in [0.25, 0.3) is 0 Å². The minimum Gasteiger partial charge on any atom is -0.341 e. The Morgan fingerprint density at radius 1 is 0.969 bits per heavy atom. The molecule has 0 spiro atoms. The number of hydrogen-bond donors (Lipinski definition) is 0. The predicted octanol–water partition coefficient (Wildman–Crippen LogP) is 3.85. The van der Waals surface area contributed by atoms with E-state index in [4.69, 9.17) is 0 Å². The van der Waals surface area contributed by atoms with Crippen LogP contribution in [0.2, 0.25) is 0 Å². The maximum Gasteiger partial charge on any atom is 0.245 e. The van der Waals surface area contributed by atoms with Gasteiger partial charge in [0.1, 0.15) is 17.6 Å². The smallest absolute Gasteiger partial charge is 0.245 e. The summed E-state index contributed by atoms with van der Waals surface area (Å²) in [5, 5.41) is 0. The van der Waals surface area contributed by atoms with Crippen molar-refractivity contribution in [2.45, 2.75) is 45.1 Å².